The van der Waals surface area contributed by atoms with Crippen molar-refractivity contribution in [2.45, 2.75) is 6.92 Å². The van der Waals surface area contributed by atoms with Crippen LogP contribution in [0.1, 0.15) is 17.0 Å². The molecule has 0 amide bonds. The Labute approximate surface area is 132 Å². The minimum atomic E-state index is -0.333. The highest BCUT2D eigenvalue weighted by atomic mass is 19.1. The van der Waals surface area contributed by atoms with Gasteiger partial charge in [0, 0.05) is 5.56 Å². The molecule has 0 N–H and O–H groups in total. The molecule has 23 heavy (non-hydrogen) atoms. The van der Waals surface area contributed by atoms with E-state index in [0.29, 0.717) is 11.4 Å². The van der Waals surface area contributed by atoms with E-state index in [2.05, 4.69) is 10.1 Å². The molecule has 1 heterocycles. The Bertz CT molecular complexity index is 887. The monoisotopic (exact) mass is 305 g/mol. The maximum absolute atomic E-state index is 12.9. The first-order chi connectivity index (χ1) is 11.2. The van der Waals surface area contributed by atoms with Crippen molar-refractivity contribution in [1.82, 2.24) is 10.1 Å². The van der Waals surface area contributed by atoms with Crippen LogP contribution in [0.25, 0.3) is 23.0 Å². The molecule has 3 rings (SSSR count). The van der Waals surface area contributed by atoms with Crippen LogP contribution in [0.15, 0.2) is 53.1 Å². The molecule has 0 saturated carbocycles. The lowest BCUT2D eigenvalue weighted by molar-refractivity contribution is 0.409. The average molecular weight is 305 g/mol. The lowest BCUT2D eigenvalue weighted by atomic mass is 10.1. The molecule has 0 atom stereocenters. The topological polar surface area (TPSA) is 62.7 Å². The Morgan fingerprint density at radius 1 is 1.13 bits per heavy atom. The van der Waals surface area contributed by atoms with E-state index in [4.69, 9.17) is 4.52 Å². The molecule has 5 heteroatoms. The van der Waals surface area contributed by atoms with Gasteiger partial charge < -0.3 is 4.52 Å². The second-order valence-corrected chi connectivity index (χ2v) is 5.01. The van der Waals surface area contributed by atoms with E-state index in [1.165, 1.54) is 12.1 Å². The van der Waals surface area contributed by atoms with Crippen molar-refractivity contribution in [3.63, 3.8) is 0 Å². The molecule has 0 spiro atoms. The van der Waals surface area contributed by atoms with E-state index in [0.717, 1.165) is 11.1 Å². The van der Waals surface area contributed by atoms with E-state index in [1.54, 1.807) is 18.2 Å². The van der Waals surface area contributed by atoms with E-state index in [9.17, 15) is 9.65 Å². The number of allylic oxidation sites excluding steroid dienone is 1. The predicted molar refractivity (Wildman–Crippen MR) is 84.4 cm³/mol. The smallest absolute Gasteiger partial charge is 0.268 e. The van der Waals surface area contributed by atoms with Gasteiger partial charge in [-0.15, -0.1) is 0 Å². The van der Waals surface area contributed by atoms with Gasteiger partial charge in [-0.25, -0.2) is 4.39 Å². The Morgan fingerprint density at radius 3 is 2.48 bits per heavy atom. The quantitative estimate of drug-likeness (QED) is 0.679. The molecule has 1 aromatic heterocycles. The molecular formula is C18H12FN3O. The van der Waals surface area contributed by atoms with Gasteiger partial charge in [-0.2, -0.15) is 10.2 Å². The van der Waals surface area contributed by atoms with E-state index in [-0.39, 0.29) is 17.3 Å². The summed E-state index contributed by atoms with van der Waals surface area (Å²) >= 11 is 0. The van der Waals surface area contributed by atoms with Crippen molar-refractivity contribution in [1.29, 1.82) is 5.26 Å². The van der Waals surface area contributed by atoms with Crippen LogP contribution in [0.5, 0.6) is 0 Å². The Hall–Kier alpha value is -3.26. The molecule has 0 unspecified atom stereocenters. The van der Waals surface area contributed by atoms with Crippen LogP contribution >= 0.6 is 0 Å². The van der Waals surface area contributed by atoms with Gasteiger partial charge in [0.2, 0.25) is 5.82 Å². The number of nitriles is 1. The summed E-state index contributed by atoms with van der Waals surface area (Å²) in [5.41, 5.74) is 2.84. The summed E-state index contributed by atoms with van der Waals surface area (Å²) in [7, 11) is 0. The Kier molecular flexibility index (Phi) is 3.98. The minimum absolute atomic E-state index is 0.132. The summed E-state index contributed by atoms with van der Waals surface area (Å²) in [6.07, 6.45) is 1.58. The van der Waals surface area contributed by atoms with Crippen LogP contribution in [-0.2, 0) is 0 Å². The van der Waals surface area contributed by atoms with Crippen LogP contribution < -0.4 is 0 Å². The molecule has 0 aliphatic heterocycles. The van der Waals surface area contributed by atoms with Crippen molar-refractivity contribution in [3.8, 4) is 17.5 Å². The first kappa shape index (κ1) is 14.7. The molecular weight excluding hydrogens is 293 g/mol. The van der Waals surface area contributed by atoms with Gasteiger partial charge >= 0.3 is 0 Å². The average Bonchev–Trinajstić information content (AvgIpc) is 3.05. The first-order valence-electron chi connectivity index (χ1n) is 6.94. The van der Waals surface area contributed by atoms with Crippen molar-refractivity contribution >= 4 is 11.6 Å². The lowest BCUT2D eigenvalue weighted by Gasteiger charge is -1.95. The number of aryl methyl sites for hydroxylation is 1. The number of hydrogen-bond donors (Lipinski definition) is 0. The third-order valence-corrected chi connectivity index (χ3v) is 3.27. The zero-order valence-electron chi connectivity index (χ0n) is 12.3. The molecule has 0 radical (unpaired) electrons. The first-order valence-corrected chi connectivity index (χ1v) is 6.94. The maximum Gasteiger partial charge on any atom is 0.268 e. The third kappa shape index (κ3) is 3.33. The summed E-state index contributed by atoms with van der Waals surface area (Å²) in [5.74, 6) is 0.216. The highest BCUT2D eigenvalue weighted by molar-refractivity contribution is 5.86. The molecule has 0 aliphatic carbocycles. The van der Waals surface area contributed by atoms with Crippen molar-refractivity contribution < 1.29 is 8.91 Å². The van der Waals surface area contributed by atoms with Gasteiger partial charge in [-0.05, 0) is 30.7 Å². The normalized spacial score (nSPS) is 11.3. The van der Waals surface area contributed by atoms with Gasteiger partial charge in [0.1, 0.15) is 17.5 Å². The van der Waals surface area contributed by atoms with Crippen LogP contribution in [0.4, 0.5) is 4.39 Å². The van der Waals surface area contributed by atoms with Gasteiger partial charge in [-0.1, -0.05) is 47.1 Å². The lowest BCUT2D eigenvalue weighted by Crippen LogP contribution is -1.84. The number of aromatic nitrogens is 2. The van der Waals surface area contributed by atoms with E-state index in [1.807, 2.05) is 37.3 Å². The summed E-state index contributed by atoms with van der Waals surface area (Å²) in [6.45, 7) is 1.99. The summed E-state index contributed by atoms with van der Waals surface area (Å²) in [6, 6.07) is 15.5. The van der Waals surface area contributed by atoms with Crippen LogP contribution in [0.2, 0.25) is 0 Å². The standard InChI is InChI=1S/C18H12FN3O/c1-12-2-6-14(7-3-12)17-21-18(23-22-17)15(11-20)10-13-4-8-16(19)9-5-13/h2-10H,1H3. The fourth-order valence-electron chi connectivity index (χ4n) is 2.02. The van der Waals surface area contributed by atoms with E-state index >= 15 is 0 Å². The number of halogens is 1. The molecule has 0 saturated heterocycles. The molecule has 4 nitrogen and oxygen atoms in total. The van der Waals surface area contributed by atoms with Crippen molar-refractivity contribution in [3.05, 3.63) is 71.4 Å². The zero-order valence-corrected chi connectivity index (χ0v) is 12.3. The van der Waals surface area contributed by atoms with Gasteiger partial charge in [-0.3, -0.25) is 0 Å². The Balaban J connectivity index is 1.92. The SMILES string of the molecule is Cc1ccc(-c2noc(C(C#N)=Cc3ccc(F)cc3)n2)cc1. The largest absolute Gasteiger partial charge is 0.333 e. The molecule has 3 aromatic rings. The number of nitrogens with zero attached hydrogens (tertiary/aromatic N) is 3. The highest BCUT2D eigenvalue weighted by Gasteiger charge is 2.12. The molecule has 0 fully saturated rings. The summed E-state index contributed by atoms with van der Waals surface area (Å²) in [4.78, 5) is 4.25. The number of rotatable bonds is 3. The zero-order chi connectivity index (χ0) is 16.2. The van der Waals surface area contributed by atoms with Crippen molar-refractivity contribution in [2.75, 3.05) is 0 Å². The Morgan fingerprint density at radius 2 is 1.83 bits per heavy atom. The second kappa shape index (κ2) is 6.24. The maximum atomic E-state index is 12.9. The molecule has 0 bridgehead atoms. The third-order valence-electron chi connectivity index (χ3n) is 3.27. The van der Waals surface area contributed by atoms with Gasteiger partial charge in [0.05, 0.1) is 0 Å². The van der Waals surface area contributed by atoms with Gasteiger partial charge in [0.15, 0.2) is 0 Å². The summed E-state index contributed by atoms with van der Waals surface area (Å²) in [5, 5.41) is 13.2. The second-order valence-electron chi connectivity index (χ2n) is 5.01. The molecule has 2 aromatic carbocycles. The fraction of sp³-hybridized carbons (Fsp3) is 0.0556. The van der Waals surface area contributed by atoms with Gasteiger partial charge in [0.25, 0.3) is 5.89 Å². The summed E-state index contributed by atoms with van der Waals surface area (Å²) < 4.78 is 18.1. The molecule has 112 valence electrons. The van der Waals surface area contributed by atoms with Crippen LogP contribution in [0, 0.1) is 24.1 Å². The highest BCUT2D eigenvalue weighted by Crippen LogP contribution is 2.21. The number of hydrogen-bond acceptors (Lipinski definition) is 4. The number of benzene rings is 2. The minimum Gasteiger partial charge on any atom is -0.333 e. The van der Waals surface area contributed by atoms with Crippen molar-refractivity contribution in [2.24, 2.45) is 0 Å². The molecule has 0 aliphatic rings. The predicted octanol–water partition coefficient (Wildman–Crippen LogP) is 4.25. The van der Waals surface area contributed by atoms with Crippen LogP contribution in [-0.4, -0.2) is 10.1 Å². The van der Waals surface area contributed by atoms with E-state index < -0.39 is 0 Å². The van der Waals surface area contributed by atoms with Crippen LogP contribution in [0.3, 0.4) is 0 Å². The fourth-order valence-corrected chi connectivity index (χ4v) is 2.02.